The first-order valence-corrected chi connectivity index (χ1v) is 4.29. The average Bonchev–Trinajstić information content (AvgIpc) is 2.42. The van der Waals surface area contributed by atoms with Crippen LogP contribution in [0.2, 0.25) is 0 Å². The van der Waals surface area contributed by atoms with Gasteiger partial charge in [-0.25, -0.2) is 0 Å². The Bertz CT molecular complexity index is 365. The molecule has 1 aliphatic rings. The Morgan fingerprint density at radius 1 is 1.50 bits per heavy atom. The van der Waals surface area contributed by atoms with Crippen molar-refractivity contribution in [3.63, 3.8) is 0 Å². The van der Waals surface area contributed by atoms with Crippen molar-refractivity contribution in [2.75, 3.05) is 7.05 Å². The van der Waals surface area contributed by atoms with Crippen LogP contribution in [0.4, 0.5) is 0 Å². The zero-order chi connectivity index (χ0) is 9.42. The summed E-state index contributed by atoms with van der Waals surface area (Å²) in [5, 5.41) is 0. The Morgan fingerprint density at radius 2 is 2.21 bits per heavy atom. The molecule has 4 heteroatoms. The number of fused-ring (bicyclic) bond motifs is 1. The molecule has 14 heavy (non-hydrogen) atoms. The predicted molar refractivity (Wildman–Crippen MR) is 57.4 cm³/mol. The summed E-state index contributed by atoms with van der Waals surface area (Å²) in [6, 6.07) is 5.79. The van der Waals surface area contributed by atoms with Gasteiger partial charge < -0.3 is 10.6 Å². The van der Waals surface area contributed by atoms with Crippen molar-refractivity contribution in [3.8, 4) is 0 Å². The number of nitrogens with zero attached hydrogens (tertiary/aromatic N) is 1. The lowest BCUT2D eigenvalue weighted by Crippen LogP contribution is -2.17. The van der Waals surface area contributed by atoms with E-state index >= 15 is 0 Å². The molecule has 1 aromatic rings. The Labute approximate surface area is 89.3 Å². The van der Waals surface area contributed by atoms with Crippen LogP contribution in [0.3, 0.4) is 0 Å². The van der Waals surface area contributed by atoms with Crippen molar-refractivity contribution < 1.29 is 4.79 Å². The zero-order valence-corrected chi connectivity index (χ0v) is 8.80. The summed E-state index contributed by atoms with van der Waals surface area (Å²) >= 11 is 0. The highest BCUT2D eigenvalue weighted by Crippen LogP contribution is 2.22. The van der Waals surface area contributed by atoms with Crippen molar-refractivity contribution in [2.45, 2.75) is 13.1 Å². The maximum Gasteiger partial charge on any atom is 0.254 e. The summed E-state index contributed by atoms with van der Waals surface area (Å²) in [5.41, 5.74) is 8.51. The molecule has 0 aromatic heterocycles. The van der Waals surface area contributed by atoms with E-state index in [1.807, 2.05) is 25.2 Å². The smallest absolute Gasteiger partial charge is 0.254 e. The van der Waals surface area contributed by atoms with E-state index < -0.39 is 0 Å². The van der Waals surface area contributed by atoms with E-state index in [9.17, 15) is 4.79 Å². The standard InChI is InChI=1S/C10H12N2O.ClH/c1-12-6-8-4-7(5-11)2-3-9(8)10(12)13;/h2-4H,5-6,11H2,1H3;1H. The first-order chi connectivity index (χ1) is 6.22. The van der Waals surface area contributed by atoms with Gasteiger partial charge in [-0.15, -0.1) is 12.4 Å². The molecule has 1 aromatic carbocycles. The van der Waals surface area contributed by atoms with E-state index in [-0.39, 0.29) is 18.3 Å². The van der Waals surface area contributed by atoms with Crippen molar-refractivity contribution >= 4 is 18.3 Å². The fourth-order valence-electron chi connectivity index (χ4n) is 1.65. The van der Waals surface area contributed by atoms with Crippen molar-refractivity contribution in [3.05, 3.63) is 34.9 Å². The number of carbonyl (C=O) groups excluding carboxylic acids is 1. The third-order valence-electron chi connectivity index (χ3n) is 2.39. The first-order valence-electron chi connectivity index (χ1n) is 4.29. The van der Waals surface area contributed by atoms with Crippen LogP contribution in [0, 0.1) is 0 Å². The third kappa shape index (κ3) is 1.61. The molecule has 3 nitrogen and oxygen atoms in total. The summed E-state index contributed by atoms with van der Waals surface area (Å²) in [5.74, 6) is 0.110. The van der Waals surface area contributed by atoms with Gasteiger partial charge >= 0.3 is 0 Å². The predicted octanol–water partition coefficient (Wildman–Crippen LogP) is 1.15. The highest BCUT2D eigenvalue weighted by molar-refractivity contribution is 5.98. The molecule has 0 atom stereocenters. The molecule has 76 valence electrons. The highest BCUT2D eigenvalue weighted by atomic mass is 35.5. The first kappa shape index (κ1) is 11.0. The second-order valence-corrected chi connectivity index (χ2v) is 3.36. The Hall–Kier alpha value is -1.06. The lowest BCUT2D eigenvalue weighted by Gasteiger charge is -2.04. The SMILES string of the molecule is CN1Cc2cc(CN)ccc2C1=O.Cl. The van der Waals surface area contributed by atoms with E-state index in [0.29, 0.717) is 13.1 Å². The zero-order valence-electron chi connectivity index (χ0n) is 7.99. The molecule has 0 saturated carbocycles. The van der Waals surface area contributed by atoms with E-state index in [2.05, 4.69) is 0 Å². The minimum atomic E-state index is 0. The maximum absolute atomic E-state index is 11.5. The number of carbonyl (C=O) groups is 1. The molecular weight excluding hydrogens is 200 g/mol. The number of halogens is 1. The van der Waals surface area contributed by atoms with Crippen LogP contribution < -0.4 is 5.73 Å². The van der Waals surface area contributed by atoms with Gasteiger partial charge in [0.1, 0.15) is 0 Å². The number of rotatable bonds is 1. The van der Waals surface area contributed by atoms with Gasteiger partial charge in [0.15, 0.2) is 0 Å². The molecule has 0 fully saturated rings. The van der Waals surface area contributed by atoms with Gasteiger partial charge in [0.05, 0.1) is 0 Å². The monoisotopic (exact) mass is 212 g/mol. The fourth-order valence-corrected chi connectivity index (χ4v) is 1.65. The van der Waals surface area contributed by atoms with Crippen LogP contribution in [0.1, 0.15) is 21.5 Å². The molecule has 1 heterocycles. The number of nitrogens with two attached hydrogens (primary N) is 1. The second kappa shape index (κ2) is 3.98. The molecule has 2 rings (SSSR count). The quantitative estimate of drug-likeness (QED) is 0.759. The summed E-state index contributed by atoms with van der Waals surface area (Å²) in [7, 11) is 1.81. The third-order valence-corrected chi connectivity index (χ3v) is 2.39. The van der Waals surface area contributed by atoms with Crippen LogP contribution in [0.25, 0.3) is 0 Å². The van der Waals surface area contributed by atoms with Crippen molar-refractivity contribution in [2.24, 2.45) is 5.73 Å². The molecule has 1 amide bonds. The molecular formula is C10H13ClN2O. The summed E-state index contributed by atoms with van der Waals surface area (Å²) in [6.07, 6.45) is 0. The number of amides is 1. The Balaban J connectivity index is 0.000000980. The average molecular weight is 213 g/mol. The van der Waals surface area contributed by atoms with Gasteiger partial charge in [-0.1, -0.05) is 12.1 Å². The molecule has 0 bridgehead atoms. The van der Waals surface area contributed by atoms with Crippen LogP contribution in [-0.2, 0) is 13.1 Å². The summed E-state index contributed by atoms with van der Waals surface area (Å²) in [6.45, 7) is 1.24. The highest BCUT2D eigenvalue weighted by Gasteiger charge is 2.23. The van der Waals surface area contributed by atoms with Gasteiger partial charge in [0.25, 0.3) is 5.91 Å². The number of hydrogen-bond donors (Lipinski definition) is 1. The molecule has 2 N–H and O–H groups in total. The fraction of sp³-hybridized carbons (Fsp3) is 0.300. The van der Waals surface area contributed by atoms with Crippen molar-refractivity contribution in [1.82, 2.24) is 4.90 Å². The minimum Gasteiger partial charge on any atom is -0.337 e. The van der Waals surface area contributed by atoms with Gasteiger partial charge in [0.2, 0.25) is 0 Å². The Kier molecular flexibility index (Phi) is 3.13. The van der Waals surface area contributed by atoms with E-state index in [1.165, 1.54) is 0 Å². The van der Waals surface area contributed by atoms with Gasteiger partial charge in [0, 0.05) is 25.7 Å². The molecule has 1 aliphatic heterocycles. The normalized spacial score (nSPS) is 13.9. The molecule has 0 radical (unpaired) electrons. The minimum absolute atomic E-state index is 0. The van der Waals surface area contributed by atoms with Crippen LogP contribution in [-0.4, -0.2) is 17.9 Å². The summed E-state index contributed by atoms with van der Waals surface area (Å²) in [4.78, 5) is 13.2. The summed E-state index contributed by atoms with van der Waals surface area (Å²) < 4.78 is 0. The van der Waals surface area contributed by atoms with Gasteiger partial charge in [-0.2, -0.15) is 0 Å². The van der Waals surface area contributed by atoms with E-state index in [0.717, 1.165) is 16.7 Å². The van der Waals surface area contributed by atoms with E-state index in [1.54, 1.807) is 4.90 Å². The largest absolute Gasteiger partial charge is 0.337 e. The van der Waals surface area contributed by atoms with Crippen LogP contribution >= 0.6 is 12.4 Å². The van der Waals surface area contributed by atoms with Crippen LogP contribution in [0.5, 0.6) is 0 Å². The molecule has 0 spiro atoms. The van der Waals surface area contributed by atoms with E-state index in [4.69, 9.17) is 5.73 Å². The molecule has 0 aliphatic carbocycles. The molecule has 0 unspecified atom stereocenters. The van der Waals surface area contributed by atoms with Gasteiger partial charge in [-0.3, -0.25) is 4.79 Å². The topological polar surface area (TPSA) is 46.3 Å². The van der Waals surface area contributed by atoms with Crippen LogP contribution in [0.15, 0.2) is 18.2 Å². The Morgan fingerprint density at radius 3 is 2.86 bits per heavy atom. The number of hydrogen-bond acceptors (Lipinski definition) is 2. The lowest BCUT2D eigenvalue weighted by atomic mass is 10.1. The lowest BCUT2D eigenvalue weighted by molar-refractivity contribution is 0.0816. The number of benzene rings is 1. The molecule has 0 saturated heterocycles. The van der Waals surface area contributed by atoms with Crippen molar-refractivity contribution in [1.29, 1.82) is 0 Å². The maximum atomic E-state index is 11.5. The second-order valence-electron chi connectivity index (χ2n) is 3.36. The van der Waals surface area contributed by atoms with Gasteiger partial charge in [-0.05, 0) is 17.2 Å².